The molecule has 0 aromatic rings. The second-order valence-corrected chi connectivity index (χ2v) is 5.41. The molecule has 0 aliphatic carbocycles. The van der Waals surface area contributed by atoms with Crippen molar-refractivity contribution in [2.24, 2.45) is 16.9 Å². The summed E-state index contributed by atoms with van der Waals surface area (Å²) < 4.78 is 0. The summed E-state index contributed by atoms with van der Waals surface area (Å²) in [4.78, 5) is 0. The van der Waals surface area contributed by atoms with Crippen molar-refractivity contribution in [2.75, 3.05) is 0 Å². The van der Waals surface area contributed by atoms with Crippen LogP contribution >= 0.6 is 0 Å². The van der Waals surface area contributed by atoms with Crippen molar-refractivity contribution in [2.45, 2.75) is 53.9 Å². The third-order valence-corrected chi connectivity index (χ3v) is 3.83. The molecule has 2 nitrogen and oxygen atoms in total. The van der Waals surface area contributed by atoms with E-state index in [2.05, 4.69) is 63.9 Å². The maximum absolute atomic E-state index is 4.57. The third kappa shape index (κ3) is 3.59. The maximum atomic E-state index is 4.57. The van der Waals surface area contributed by atoms with Crippen LogP contribution < -0.4 is 5.43 Å². The van der Waals surface area contributed by atoms with Crippen molar-refractivity contribution in [3.8, 4) is 0 Å². The van der Waals surface area contributed by atoms with E-state index >= 15 is 0 Å². The molecule has 0 aromatic carbocycles. The molecule has 0 saturated heterocycles. The highest BCUT2D eigenvalue weighted by Gasteiger charge is 2.26. The van der Waals surface area contributed by atoms with Crippen molar-refractivity contribution in [1.29, 1.82) is 0 Å². The summed E-state index contributed by atoms with van der Waals surface area (Å²) >= 11 is 0. The van der Waals surface area contributed by atoms with Gasteiger partial charge in [0, 0.05) is 11.5 Å². The van der Waals surface area contributed by atoms with E-state index in [1.807, 2.05) is 0 Å². The zero-order chi connectivity index (χ0) is 14.4. The molecule has 0 aromatic heterocycles. The number of nitrogens with zero attached hydrogens (tertiary/aromatic N) is 1. The normalized spacial score (nSPS) is 19.4. The lowest BCUT2D eigenvalue weighted by molar-refractivity contribution is 0.597. The van der Waals surface area contributed by atoms with E-state index in [9.17, 15) is 0 Å². The Bertz CT molecular complexity index is 413. The average Bonchev–Trinajstić information content (AvgIpc) is 2.40. The molecule has 0 saturated carbocycles. The Morgan fingerprint density at radius 2 is 1.95 bits per heavy atom. The fraction of sp³-hybridized carbons (Fsp3) is 0.588. The van der Waals surface area contributed by atoms with E-state index in [-0.39, 0.29) is 0 Å². The third-order valence-electron chi connectivity index (χ3n) is 3.83. The van der Waals surface area contributed by atoms with E-state index in [1.54, 1.807) is 0 Å². The van der Waals surface area contributed by atoms with Gasteiger partial charge in [0.2, 0.25) is 0 Å². The Morgan fingerprint density at radius 1 is 1.26 bits per heavy atom. The SMILES string of the molecule is C=C1NN=C(C(C)CC)C(C(C)CCC)=C1/C=C\C. The lowest BCUT2D eigenvalue weighted by Crippen LogP contribution is -2.28. The first-order valence-corrected chi connectivity index (χ1v) is 7.46. The standard InChI is InChI=1S/C17H28N2/c1-7-10-13(5)16-15(11-8-2)14(6)18-19-17(16)12(4)9-3/h8,11-13,18H,6-7,9-10H2,1-5H3/b11-8-. The Kier molecular flexibility index (Phi) is 6.07. The largest absolute Gasteiger partial charge is 0.278 e. The molecule has 0 amide bonds. The van der Waals surface area contributed by atoms with Crippen LogP contribution in [0, 0.1) is 11.8 Å². The van der Waals surface area contributed by atoms with Crippen LogP contribution in [-0.2, 0) is 0 Å². The highest BCUT2D eigenvalue weighted by molar-refractivity contribution is 6.04. The van der Waals surface area contributed by atoms with Crippen LogP contribution in [0.25, 0.3) is 0 Å². The van der Waals surface area contributed by atoms with Crippen LogP contribution in [0.2, 0.25) is 0 Å². The van der Waals surface area contributed by atoms with Gasteiger partial charge in [-0.05, 0) is 31.3 Å². The first-order chi connectivity index (χ1) is 9.06. The smallest absolute Gasteiger partial charge is 0.0676 e. The minimum atomic E-state index is 0.482. The summed E-state index contributed by atoms with van der Waals surface area (Å²) in [5, 5.41) is 4.57. The summed E-state index contributed by atoms with van der Waals surface area (Å²) in [5.74, 6) is 1.01. The molecule has 0 radical (unpaired) electrons. The first-order valence-electron chi connectivity index (χ1n) is 7.46. The number of hydrazone groups is 1. The van der Waals surface area contributed by atoms with Crippen molar-refractivity contribution >= 4 is 5.71 Å². The van der Waals surface area contributed by atoms with Gasteiger partial charge in [0.15, 0.2) is 0 Å². The fourth-order valence-electron chi connectivity index (χ4n) is 2.57. The highest BCUT2D eigenvalue weighted by atomic mass is 15.3. The van der Waals surface area contributed by atoms with Gasteiger partial charge in [0.25, 0.3) is 0 Å². The van der Waals surface area contributed by atoms with Crippen LogP contribution in [0.15, 0.2) is 40.7 Å². The van der Waals surface area contributed by atoms with Gasteiger partial charge in [-0.15, -0.1) is 0 Å². The quantitative estimate of drug-likeness (QED) is 0.728. The van der Waals surface area contributed by atoms with Crippen molar-refractivity contribution in [3.05, 3.63) is 35.6 Å². The number of hydrogen-bond acceptors (Lipinski definition) is 2. The summed E-state index contributed by atoms with van der Waals surface area (Å²) in [6.45, 7) is 15.2. The number of nitrogens with one attached hydrogen (secondary N) is 1. The topological polar surface area (TPSA) is 24.4 Å². The van der Waals surface area contributed by atoms with E-state index in [1.165, 1.54) is 29.7 Å². The summed E-state index contributed by atoms with van der Waals surface area (Å²) in [5.41, 5.74) is 7.84. The predicted octanol–water partition coefficient (Wildman–Crippen LogP) is 4.81. The monoisotopic (exact) mass is 260 g/mol. The molecule has 106 valence electrons. The highest BCUT2D eigenvalue weighted by Crippen LogP contribution is 2.31. The molecule has 1 N–H and O–H groups in total. The lowest BCUT2D eigenvalue weighted by Gasteiger charge is -2.28. The predicted molar refractivity (Wildman–Crippen MR) is 85.1 cm³/mol. The van der Waals surface area contributed by atoms with Crippen LogP contribution in [0.4, 0.5) is 0 Å². The molecule has 1 aliphatic heterocycles. The van der Waals surface area contributed by atoms with E-state index in [0.29, 0.717) is 11.8 Å². The Morgan fingerprint density at radius 3 is 2.47 bits per heavy atom. The zero-order valence-electron chi connectivity index (χ0n) is 13.1. The second kappa shape index (κ2) is 7.32. The Balaban J connectivity index is 3.29. The molecular weight excluding hydrogens is 232 g/mol. The molecule has 2 unspecified atom stereocenters. The van der Waals surface area contributed by atoms with Gasteiger partial charge >= 0.3 is 0 Å². The first kappa shape index (κ1) is 15.7. The molecule has 0 fully saturated rings. The van der Waals surface area contributed by atoms with Gasteiger partial charge in [0.05, 0.1) is 11.4 Å². The zero-order valence-corrected chi connectivity index (χ0v) is 13.1. The second-order valence-electron chi connectivity index (χ2n) is 5.41. The molecule has 1 heterocycles. The Hall–Kier alpha value is -1.31. The Labute approximate surface area is 118 Å². The van der Waals surface area contributed by atoms with Crippen molar-refractivity contribution in [1.82, 2.24) is 5.43 Å². The van der Waals surface area contributed by atoms with E-state index in [0.717, 1.165) is 12.1 Å². The minimum absolute atomic E-state index is 0.482. The van der Waals surface area contributed by atoms with Gasteiger partial charge in [-0.2, -0.15) is 5.10 Å². The van der Waals surface area contributed by atoms with Gasteiger partial charge in [-0.3, -0.25) is 5.43 Å². The summed E-state index contributed by atoms with van der Waals surface area (Å²) in [7, 11) is 0. The van der Waals surface area contributed by atoms with E-state index < -0.39 is 0 Å². The number of allylic oxidation sites excluding steroid dienone is 3. The van der Waals surface area contributed by atoms with Gasteiger partial charge in [0.1, 0.15) is 0 Å². The van der Waals surface area contributed by atoms with E-state index in [4.69, 9.17) is 0 Å². The van der Waals surface area contributed by atoms with Crippen LogP contribution in [0.3, 0.4) is 0 Å². The minimum Gasteiger partial charge on any atom is -0.278 e. The van der Waals surface area contributed by atoms with Gasteiger partial charge in [-0.1, -0.05) is 52.8 Å². The molecule has 0 bridgehead atoms. The van der Waals surface area contributed by atoms with Crippen LogP contribution in [-0.4, -0.2) is 5.71 Å². The van der Waals surface area contributed by atoms with Crippen LogP contribution in [0.1, 0.15) is 53.9 Å². The molecule has 19 heavy (non-hydrogen) atoms. The number of hydrogen-bond donors (Lipinski definition) is 1. The molecule has 1 aliphatic rings. The fourth-order valence-corrected chi connectivity index (χ4v) is 2.57. The van der Waals surface area contributed by atoms with Gasteiger partial charge in [-0.25, -0.2) is 0 Å². The molecule has 2 heteroatoms. The average molecular weight is 260 g/mol. The lowest BCUT2D eigenvalue weighted by atomic mass is 9.82. The van der Waals surface area contributed by atoms with Crippen molar-refractivity contribution < 1.29 is 0 Å². The summed E-state index contributed by atoms with van der Waals surface area (Å²) in [6, 6.07) is 0. The molecular formula is C17H28N2. The molecule has 0 spiro atoms. The maximum Gasteiger partial charge on any atom is 0.0676 e. The summed E-state index contributed by atoms with van der Waals surface area (Å²) in [6.07, 6.45) is 7.74. The van der Waals surface area contributed by atoms with Gasteiger partial charge < -0.3 is 0 Å². The molecule has 2 atom stereocenters. The molecule has 1 rings (SSSR count). The number of rotatable bonds is 6. The van der Waals surface area contributed by atoms with Crippen LogP contribution in [0.5, 0.6) is 0 Å². The van der Waals surface area contributed by atoms with Crippen molar-refractivity contribution in [3.63, 3.8) is 0 Å².